The van der Waals surface area contributed by atoms with Crippen LogP contribution in [-0.2, 0) is 0 Å². The van der Waals surface area contributed by atoms with Crippen LogP contribution < -0.4 is 0 Å². The summed E-state index contributed by atoms with van der Waals surface area (Å²) in [6.07, 6.45) is -2.94. The Kier molecular flexibility index (Phi) is 3.90. The van der Waals surface area contributed by atoms with Crippen molar-refractivity contribution in [3.05, 3.63) is 0 Å². The molecule has 0 fully saturated rings. The van der Waals surface area contributed by atoms with E-state index >= 15 is 0 Å². The van der Waals surface area contributed by atoms with E-state index in [4.69, 9.17) is 0 Å². The molecular weight excluding hydrogens is 153 g/mol. The van der Waals surface area contributed by atoms with Gasteiger partial charge in [0, 0.05) is 0 Å². The largest absolute Gasteiger partial charge is 0.391 e. The molecule has 0 radical (unpaired) electrons. The molecule has 0 aromatic carbocycles. The topological polar surface area (TPSA) is 0 Å². The van der Waals surface area contributed by atoms with Crippen LogP contribution in [0.4, 0.5) is 13.2 Å². The molecular formula is C8H15F3. The molecule has 0 spiro atoms. The molecule has 2 atom stereocenters. The van der Waals surface area contributed by atoms with Crippen LogP contribution in [0.2, 0.25) is 0 Å². The first kappa shape index (κ1) is 10.8. The lowest BCUT2D eigenvalue weighted by atomic mass is 9.95. The molecule has 0 bridgehead atoms. The molecule has 0 heterocycles. The van der Waals surface area contributed by atoms with Gasteiger partial charge in [0.2, 0.25) is 0 Å². The predicted molar refractivity (Wildman–Crippen MR) is 39.3 cm³/mol. The maximum atomic E-state index is 11.9. The summed E-state index contributed by atoms with van der Waals surface area (Å²) >= 11 is 0. The molecule has 3 heteroatoms. The number of hydrogen-bond donors (Lipinski definition) is 0. The van der Waals surface area contributed by atoms with Crippen LogP contribution in [-0.4, -0.2) is 6.18 Å². The highest BCUT2D eigenvalue weighted by molar-refractivity contribution is 4.64. The molecule has 11 heavy (non-hydrogen) atoms. The molecule has 0 saturated carbocycles. The van der Waals surface area contributed by atoms with E-state index in [0.29, 0.717) is 0 Å². The highest BCUT2D eigenvalue weighted by Gasteiger charge is 2.36. The van der Waals surface area contributed by atoms with Gasteiger partial charge < -0.3 is 0 Å². The predicted octanol–water partition coefficient (Wildman–Crippen LogP) is 3.62. The summed E-state index contributed by atoms with van der Waals surface area (Å²) in [6.45, 7) is 5.00. The maximum absolute atomic E-state index is 11.9. The minimum absolute atomic E-state index is 0.173. The van der Waals surface area contributed by atoms with Crippen molar-refractivity contribution in [3.8, 4) is 0 Å². The van der Waals surface area contributed by atoms with Gasteiger partial charge in [0.25, 0.3) is 0 Å². The fraction of sp³-hybridized carbons (Fsp3) is 1.00. The second-order valence-electron chi connectivity index (χ2n) is 3.19. The summed E-state index contributed by atoms with van der Waals surface area (Å²) < 4.78 is 35.8. The SMILES string of the molecule is CCC(C)C[C@H](C)C(F)(F)F. The summed E-state index contributed by atoms with van der Waals surface area (Å²) in [5.74, 6) is -0.982. The fourth-order valence-corrected chi connectivity index (χ4v) is 0.904. The molecule has 0 nitrogen and oxygen atoms in total. The maximum Gasteiger partial charge on any atom is 0.391 e. The van der Waals surface area contributed by atoms with Crippen LogP contribution >= 0.6 is 0 Å². The highest BCUT2D eigenvalue weighted by Crippen LogP contribution is 2.31. The van der Waals surface area contributed by atoms with Gasteiger partial charge in [0.15, 0.2) is 0 Å². The van der Waals surface area contributed by atoms with Crippen molar-refractivity contribution in [3.63, 3.8) is 0 Å². The minimum Gasteiger partial charge on any atom is -0.171 e. The second-order valence-corrected chi connectivity index (χ2v) is 3.19. The Balaban J connectivity index is 3.77. The summed E-state index contributed by atoms with van der Waals surface area (Å²) in [6, 6.07) is 0. The number of alkyl halides is 3. The lowest BCUT2D eigenvalue weighted by Crippen LogP contribution is -2.21. The van der Waals surface area contributed by atoms with Gasteiger partial charge in [-0.2, -0.15) is 13.2 Å². The zero-order valence-electron chi connectivity index (χ0n) is 7.20. The van der Waals surface area contributed by atoms with Gasteiger partial charge in [-0.1, -0.05) is 27.2 Å². The molecule has 0 aliphatic carbocycles. The van der Waals surface area contributed by atoms with Gasteiger partial charge in [-0.25, -0.2) is 0 Å². The van der Waals surface area contributed by atoms with Gasteiger partial charge in [0.1, 0.15) is 0 Å². The van der Waals surface area contributed by atoms with Gasteiger partial charge in [-0.15, -0.1) is 0 Å². The van der Waals surface area contributed by atoms with E-state index in [1.54, 1.807) is 0 Å². The summed E-state index contributed by atoms with van der Waals surface area (Å²) in [7, 11) is 0. The molecule has 0 amide bonds. The van der Waals surface area contributed by atoms with Crippen molar-refractivity contribution >= 4 is 0 Å². The summed E-state index contributed by atoms with van der Waals surface area (Å²) in [4.78, 5) is 0. The molecule has 0 aromatic heterocycles. The van der Waals surface area contributed by atoms with Gasteiger partial charge in [-0.05, 0) is 12.3 Å². The smallest absolute Gasteiger partial charge is 0.171 e. The Labute approximate surface area is 65.8 Å². The van der Waals surface area contributed by atoms with Crippen molar-refractivity contribution < 1.29 is 13.2 Å². The summed E-state index contributed by atoms with van der Waals surface area (Å²) in [5, 5.41) is 0. The van der Waals surface area contributed by atoms with E-state index in [9.17, 15) is 13.2 Å². The Morgan fingerprint density at radius 3 is 1.91 bits per heavy atom. The van der Waals surface area contributed by atoms with Crippen molar-refractivity contribution in [2.75, 3.05) is 0 Å². The van der Waals surface area contributed by atoms with Gasteiger partial charge in [-0.3, -0.25) is 0 Å². The van der Waals surface area contributed by atoms with Gasteiger partial charge in [0.05, 0.1) is 5.92 Å². The molecule has 0 aliphatic heterocycles. The van der Waals surface area contributed by atoms with Crippen LogP contribution in [0.1, 0.15) is 33.6 Å². The van der Waals surface area contributed by atoms with E-state index in [1.165, 1.54) is 6.92 Å². The molecule has 0 saturated heterocycles. The van der Waals surface area contributed by atoms with E-state index in [0.717, 1.165) is 6.42 Å². The molecule has 68 valence electrons. The van der Waals surface area contributed by atoms with Crippen LogP contribution in [0.25, 0.3) is 0 Å². The fourth-order valence-electron chi connectivity index (χ4n) is 0.904. The van der Waals surface area contributed by atoms with Crippen molar-refractivity contribution in [2.45, 2.75) is 39.8 Å². The zero-order chi connectivity index (χ0) is 9.07. The monoisotopic (exact) mass is 168 g/mol. The normalized spacial score (nSPS) is 18.0. The average Bonchev–Trinajstić information content (AvgIpc) is 1.85. The first-order valence-corrected chi connectivity index (χ1v) is 3.94. The van der Waals surface area contributed by atoms with E-state index < -0.39 is 12.1 Å². The van der Waals surface area contributed by atoms with Crippen molar-refractivity contribution in [1.82, 2.24) is 0 Å². The number of hydrogen-bond acceptors (Lipinski definition) is 0. The lowest BCUT2D eigenvalue weighted by Gasteiger charge is -2.18. The number of halogens is 3. The Morgan fingerprint density at radius 1 is 1.18 bits per heavy atom. The van der Waals surface area contributed by atoms with Crippen LogP contribution in [0.15, 0.2) is 0 Å². The van der Waals surface area contributed by atoms with Crippen LogP contribution in [0, 0.1) is 11.8 Å². The quantitative estimate of drug-likeness (QED) is 0.603. The van der Waals surface area contributed by atoms with E-state index in [1.807, 2.05) is 13.8 Å². The van der Waals surface area contributed by atoms with Crippen molar-refractivity contribution in [2.24, 2.45) is 11.8 Å². The lowest BCUT2D eigenvalue weighted by molar-refractivity contribution is -0.173. The summed E-state index contributed by atoms with van der Waals surface area (Å²) in [5.41, 5.74) is 0. The first-order chi connectivity index (χ1) is 4.88. The van der Waals surface area contributed by atoms with Gasteiger partial charge >= 0.3 is 6.18 Å². The van der Waals surface area contributed by atoms with E-state index in [2.05, 4.69) is 0 Å². The Bertz CT molecular complexity index is 106. The Hall–Kier alpha value is -0.210. The molecule has 0 rings (SSSR count). The molecule has 1 unspecified atom stereocenters. The van der Waals surface area contributed by atoms with Crippen LogP contribution in [0.5, 0.6) is 0 Å². The van der Waals surface area contributed by atoms with E-state index in [-0.39, 0.29) is 12.3 Å². The average molecular weight is 168 g/mol. The standard InChI is InChI=1S/C8H15F3/c1-4-6(2)5-7(3)8(9,10)11/h6-7H,4-5H2,1-3H3/t6?,7-/m0/s1. The zero-order valence-corrected chi connectivity index (χ0v) is 7.20. The third-order valence-electron chi connectivity index (χ3n) is 2.01. The van der Waals surface area contributed by atoms with Crippen LogP contribution in [0.3, 0.4) is 0 Å². The molecule has 0 N–H and O–H groups in total. The van der Waals surface area contributed by atoms with Crippen molar-refractivity contribution in [1.29, 1.82) is 0 Å². The third-order valence-corrected chi connectivity index (χ3v) is 2.01. The molecule has 0 aromatic rings. The molecule has 0 aliphatic rings. The first-order valence-electron chi connectivity index (χ1n) is 3.94. The third kappa shape index (κ3) is 4.27. The minimum atomic E-state index is -4.01. The highest BCUT2D eigenvalue weighted by atomic mass is 19.4. The Morgan fingerprint density at radius 2 is 1.64 bits per heavy atom. The number of rotatable bonds is 3. The second kappa shape index (κ2) is 3.98.